The van der Waals surface area contributed by atoms with Gasteiger partial charge in [0.1, 0.15) is 31.6 Å². The second-order valence-electron chi connectivity index (χ2n) is 14.5. The van der Waals surface area contributed by atoms with Gasteiger partial charge < -0.3 is 40.0 Å². The molecule has 1 aliphatic carbocycles. The number of aliphatic hydroxyl groups is 1. The minimum atomic E-state index is -1.05. The van der Waals surface area contributed by atoms with Gasteiger partial charge in [0.2, 0.25) is 11.8 Å². The Kier molecular flexibility index (Phi) is 17.9. The molecular formula is C48H55N3O9. The molecule has 4 aromatic rings. The first kappa shape index (κ1) is 44.9. The third kappa shape index (κ3) is 13.7. The van der Waals surface area contributed by atoms with Crippen LogP contribution in [0, 0.1) is 5.92 Å². The fraction of sp³-hybridized carbons (Fsp3) is 0.333. The summed E-state index contributed by atoms with van der Waals surface area (Å²) in [4.78, 5) is 53.3. The molecule has 12 heteroatoms. The number of ether oxygens (including phenoxy) is 4. The van der Waals surface area contributed by atoms with Crippen molar-refractivity contribution in [2.75, 3.05) is 39.6 Å². The Balaban J connectivity index is 1.23. The van der Waals surface area contributed by atoms with Crippen molar-refractivity contribution in [1.82, 2.24) is 16.0 Å². The molecule has 0 spiro atoms. The number of amides is 3. The lowest BCUT2D eigenvalue weighted by Gasteiger charge is -2.24. The molecule has 0 aliphatic heterocycles. The normalized spacial score (nSPS) is 13.1. The Morgan fingerprint density at radius 3 is 2.12 bits per heavy atom. The van der Waals surface area contributed by atoms with Crippen LogP contribution in [-0.4, -0.2) is 80.6 Å². The fourth-order valence-corrected chi connectivity index (χ4v) is 7.03. The monoisotopic (exact) mass is 817 g/mol. The molecule has 0 fully saturated rings. The molecule has 3 amide bonds. The number of alkyl carbamates (subject to hydrolysis) is 1. The summed E-state index contributed by atoms with van der Waals surface area (Å²) in [6.45, 7) is 8.28. The first-order valence-corrected chi connectivity index (χ1v) is 20.3. The standard InChI is InChI=1S/C48H55N3O9/c1-3-5-20-44(51-48(56)60-33-43-41-18-11-9-16-39(41)40-17-10-12-19-42(40)43)47(55)59-32-37(29-34-21-23-38(24-22-34)58-31-35-14-7-6-8-15-35)50-46(54)36(13-4-2)30-45(53)49-25-27-57-28-26-52/h3-4,6-12,14-19,21-24,36-37,43-44,52H,1-2,5,13,20,25-33H2,(H,49,53)(H,50,54)(H,51,56)/t36-,37+,44+/m1/s1. The Morgan fingerprint density at radius 2 is 1.45 bits per heavy atom. The average Bonchev–Trinajstić information content (AvgIpc) is 3.59. The zero-order valence-electron chi connectivity index (χ0n) is 33.9. The van der Waals surface area contributed by atoms with Crippen LogP contribution in [0.25, 0.3) is 11.1 Å². The van der Waals surface area contributed by atoms with E-state index in [-0.39, 0.29) is 77.1 Å². The summed E-state index contributed by atoms with van der Waals surface area (Å²) in [6.07, 6.45) is 3.51. The predicted molar refractivity (Wildman–Crippen MR) is 229 cm³/mol. The summed E-state index contributed by atoms with van der Waals surface area (Å²) in [5, 5.41) is 17.3. The van der Waals surface area contributed by atoms with Gasteiger partial charge >= 0.3 is 12.1 Å². The Hall–Kier alpha value is -6.24. The van der Waals surface area contributed by atoms with Gasteiger partial charge in [-0.2, -0.15) is 0 Å². The predicted octanol–water partition coefficient (Wildman–Crippen LogP) is 6.42. The lowest BCUT2D eigenvalue weighted by atomic mass is 9.98. The largest absolute Gasteiger partial charge is 0.489 e. The summed E-state index contributed by atoms with van der Waals surface area (Å²) in [5.74, 6) is -1.69. The maximum Gasteiger partial charge on any atom is 0.407 e. The van der Waals surface area contributed by atoms with Crippen LogP contribution in [0.3, 0.4) is 0 Å². The first-order chi connectivity index (χ1) is 29.3. The quantitative estimate of drug-likeness (QED) is 0.0336. The van der Waals surface area contributed by atoms with Crippen LogP contribution in [0.4, 0.5) is 4.79 Å². The van der Waals surface area contributed by atoms with Crippen LogP contribution in [0.5, 0.6) is 5.75 Å². The number of benzene rings is 4. The highest BCUT2D eigenvalue weighted by atomic mass is 16.6. The van der Waals surface area contributed by atoms with E-state index < -0.39 is 36.0 Å². The summed E-state index contributed by atoms with van der Waals surface area (Å²) in [7, 11) is 0. The Bertz CT molecular complexity index is 1980. The number of rotatable bonds is 25. The van der Waals surface area contributed by atoms with Crippen molar-refractivity contribution in [3.05, 3.63) is 151 Å². The van der Waals surface area contributed by atoms with Crippen molar-refractivity contribution in [2.45, 2.75) is 56.7 Å². The maximum atomic E-state index is 13.7. The highest BCUT2D eigenvalue weighted by Crippen LogP contribution is 2.44. The number of hydrogen-bond donors (Lipinski definition) is 4. The zero-order valence-corrected chi connectivity index (χ0v) is 33.9. The number of hydrogen-bond acceptors (Lipinski definition) is 9. The summed E-state index contributed by atoms with van der Waals surface area (Å²) < 4.78 is 22.7. The second-order valence-corrected chi connectivity index (χ2v) is 14.5. The van der Waals surface area contributed by atoms with Gasteiger partial charge in [0.15, 0.2) is 0 Å². The van der Waals surface area contributed by atoms with E-state index in [4.69, 9.17) is 24.1 Å². The van der Waals surface area contributed by atoms with Crippen LogP contribution in [-0.2, 0) is 41.6 Å². The molecule has 316 valence electrons. The van der Waals surface area contributed by atoms with Crippen LogP contribution < -0.4 is 20.7 Å². The minimum absolute atomic E-state index is 0.0780. The van der Waals surface area contributed by atoms with E-state index in [2.05, 4.69) is 41.2 Å². The van der Waals surface area contributed by atoms with E-state index in [9.17, 15) is 19.2 Å². The van der Waals surface area contributed by atoms with E-state index >= 15 is 0 Å². The average molecular weight is 818 g/mol. The number of carbonyl (C=O) groups excluding carboxylic acids is 4. The molecule has 1 aliphatic rings. The van der Waals surface area contributed by atoms with Crippen molar-refractivity contribution in [3.63, 3.8) is 0 Å². The van der Waals surface area contributed by atoms with Crippen LogP contribution >= 0.6 is 0 Å². The molecule has 0 aromatic heterocycles. The zero-order chi connectivity index (χ0) is 42.5. The van der Waals surface area contributed by atoms with Crippen molar-refractivity contribution in [2.24, 2.45) is 5.92 Å². The van der Waals surface area contributed by atoms with E-state index in [1.807, 2.05) is 91.0 Å². The number of allylic oxidation sites excluding steroid dienone is 2. The Labute approximate surface area is 352 Å². The maximum absolute atomic E-state index is 13.7. The Morgan fingerprint density at radius 1 is 0.767 bits per heavy atom. The fourth-order valence-electron chi connectivity index (χ4n) is 7.03. The lowest BCUT2D eigenvalue weighted by Crippen LogP contribution is -2.47. The third-order valence-electron chi connectivity index (χ3n) is 10.1. The van der Waals surface area contributed by atoms with Gasteiger partial charge in [0.05, 0.1) is 31.8 Å². The molecule has 5 rings (SSSR count). The molecule has 3 atom stereocenters. The molecule has 4 N–H and O–H groups in total. The first-order valence-electron chi connectivity index (χ1n) is 20.3. The summed E-state index contributed by atoms with van der Waals surface area (Å²) in [6, 6.07) is 31.5. The van der Waals surface area contributed by atoms with Gasteiger partial charge in [-0.05, 0) is 71.2 Å². The molecule has 0 unspecified atom stereocenters. The van der Waals surface area contributed by atoms with Crippen molar-refractivity contribution in [1.29, 1.82) is 0 Å². The van der Waals surface area contributed by atoms with E-state index in [0.717, 1.165) is 33.4 Å². The SMILES string of the molecule is C=CCC[C@H](NC(=O)OCC1c2ccccc2-c2ccccc21)C(=O)OC[C@H](Cc1ccc(OCc2ccccc2)cc1)NC(=O)[C@H](CC=C)CC(=O)NCCOCCO. The number of fused-ring (bicyclic) bond motifs is 3. The molecule has 0 heterocycles. The highest BCUT2D eigenvalue weighted by molar-refractivity contribution is 5.86. The lowest BCUT2D eigenvalue weighted by molar-refractivity contribution is -0.147. The molecular weight excluding hydrogens is 763 g/mol. The third-order valence-corrected chi connectivity index (χ3v) is 10.1. The highest BCUT2D eigenvalue weighted by Gasteiger charge is 2.31. The molecule has 12 nitrogen and oxygen atoms in total. The number of aliphatic hydroxyl groups excluding tert-OH is 1. The summed E-state index contributed by atoms with van der Waals surface area (Å²) in [5.41, 5.74) is 6.20. The molecule has 60 heavy (non-hydrogen) atoms. The van der Waals surface area contributed by atoms with Crippen LogP contribution in [0.1, 0.15) is 53.9 Å². The van der Waals surface area contributed by atoms with Crippen molar-refractivity contribution in [3.8, 4) is 16.9 Å². The van der Waals surface area contributed by atoms with E-state index in [0.29, 0.717) is 18.8 Å². The second kappa shape index (κ2) is 24.0. The van der Waals surface area contributed by atoms with Gasteiger partial charge in [-0.15, -0.1) is 13.2 Å². The van der Waals surface area contributed by atoms with Gasteiger partial charge in [-0.1, -0.05) is 103 Å². The van der Waals surface area contributed by atoms with E-state index in [1.165, 1.54) is 0 Å². The molecule has 0 bridgehead atoms. The summed E-state index contributed by atoms with van der Waals surface area (Å²) >= 11 is 0. The van der Waals surface area contributed by atoms with E-state index in [1.54, 1.807) is 12.2 Å². The number of esters is 1. The van der Waals surface area contributed by atoms with Gasteiger partial charge in [-0.3, -0.25) is 9.59 Å². The number of carbonyl (C=O) groups is 4. The molecule has 4 aromatic carbocycles. The van der Waals surface area contributed by atoms with Gasteiger partial charge in [0, 0.05) is 18.9 Å². The van der Waals surface area contributed by atoms with Crippen LogP contribution in [0.15, 0.2) is 128 Å². The van der Waals surface area contributed by atoms with Gasteiger partial charge in [-0.25, -0.2) is 9.59 Å². The topological polar surface area (TPSA) is 162 Å². The molecule has 0 saturated carbocycles. The van der Waals surface area contributed by atoms with Crippen LogP contribution in [0.2, 0.25) is 0 Å². The molecule has 0 radical (unpaired) electrons. The number of nitrogens with one attached hydrogen (secondary N) is 3. The van der Waals surface area contributed by atoms with Crippen molar-refractivity contribution >= 4 is 23.9 Å². The van der Waals surface area contributed by atoms with Crippen molar-refractivity contribution < 1.29 is 43.2 Å². The molecule has 0 saturated heterocycles. The van der Waals surface area contributed by atoms with Gasteiger partial charge in [0.25, 0.3) is 0 Å². The minimum Gasteiger partial charge on any atom is -0.489 e. The smallest absolute Gasteiger partial charge is 0.407 e.